The highest BCUT2D eigenvalue weighted by Gasteiger charge is 2.05. The van der Waals surface area contributed by atoms with Gasteiger partial charge in [-0.2, -0.15) is 0 Å². The first-order valence-electron chi connectivity index (χ1n) is 6.00. The van der Waals surface area contributed by atoms with Crippen LogP contribution in [0.1, 0.15) is 17.7 Å². The number of methoxy groups -OCH3 is 1. The fourth-order valence-electron chi connectivity index (χ4n) is 1.89. The van der Waals surface area contributed by atoms with E-state index in [9.17, 15) is 4.79 Å². The maximum absolute atomic E-state index is 10.5. The van der Waals surface area contributed by atoms with E-state index < -0.39 is 5.97 Å². The van der Waals surface area contributed by atoms with E-state index >= 15 is 0 Å². The number of aryl methyl sites for hydroxylation is 2. The first kappa shape index (κ1) is 13.1. The number of aliphatic carboxylic acids is 1. The van der Waals surface area contributed by atoms with Crippen LogP contribution in [-0.4, -0.2) is 27.7 Å². The molecule has 0 radical (unpaired) electrons. The summed E-state index contributed by atoms with van der Waals surface area (Å²) in [5.74, 6) is 0.0322. The van der Waals surface area contributed by atoms with Crippen LogP contribution in [0.5, 0.6) is 5.75 Å². The lowest BCUT2D eigenvalue weighted by atomic mass is 10.2. The number of aromatic nitrogens is 2. The molecule has 0 fully saturated rings. The van der Waals surface area contributed by atoms with E-state index in [-0.39, 0.29) is 6.42 Å². The first-order valence-corrected chi connectivity index (χ1v) is 6.00. The highest BCUT2D eigenvalue weighted by molar-refractivity contribution is 5.66. The predicted molar refractivity (Wildman–Crippen MR) is 70.8 cm³/mol. The summed E-state index contributed by atoms with van der Waals surface area (Å²) in [6, 6.07) is 5.84. The van der Waals surface area contributed by atoms with Crippen molar-refractivity contribution in [1.82, 2.24) is 9.55 Å². The highest BCUT2D eigenvalue weighted by atomic mass is 16.5. The van der Waals surface area contributed by atoms with Gasteiger partial charge in [0.25, 0.3) is 0 Å². The van der Waals surface area contributed by atoms with E-state index in [1.54, 1.807) is 13.4 Å². The summed E-state index contributed by atoms with van der Waals surface area (Å²) in [5, 5.41) is 8.64. The lowest BCUT2D eigenvalue weighted by Crippen LogP contribution is -1.97. The summed E-state index contributed by atoms with van der Waals surface area (Å²) in [5.41, 5.74) is 2.80. The SMILES string of the molecule is COc1ccc(-n2cnc(CCC(=O)O)c2)cc1C. The van der Waals surface area contributed by atoms with Gasteiger partial charge >= 0.3 is 5.97 Å². The molecule has 100 valence electrons. The first-order chi connectivity index (χ1) is 9.10. The predicted octanol–water partition coefficient (Wildman–Crippen LogP) is 2.21. The molecule has 0 aliphatic carbocycles. The molecule has 2 rings (SSSR count). The highest BCUT2D eigenvalue weighted by Crippen LogP contribution is 2.21. The third-order valence-electron chi connectivity index (χ3n) is 2.91. The topological polar surface area (TPSA) is 64.4 Å². The molecule has 0 unspecified atom stereocenters. The summed E-state index contributed by atoms with van der Waals surface area (Å²) < 4.78 is 7.09. The Balaban J connectivity index is 2.18. The van der Waals surface area contributed by atoms with Crippen LogP contribution in [0.4, 0.5) is 0 Å². The second kappa shape index (κ2) is 5.56. The number of carbonyl (C=O) groups is 1. The van der Waals surface area contributed by atoms with Gasteiger partial charge in [-0.3, -0.25) is 4.79 Å². The normalized spacial score (nSPS) is 10.4. The number of hydrogen-bond acceptors (Lipinski definition) is 3. The Kier molecular flexibility index (Phi) is 3.85. The van der Waals surface area contributed by atoms with E-state index in [1.165, 1.54) is 0 Å². The van der Waals surface area contributed by atoms with Gasteiger partial charge in [-0.1, -0.05) is 0 Å². The average molecular weight is 260 g/mol. The van der Waals surface area contributed by atoms with Crippen molar-refractivity contribution in [3.63, 3.8) is 0 Å². The van der Waals surface area contributed by atoms with Crippen LogP contribution in [0.2, 0.25) is 0 Å². The van der Waals surface area contributed by atoms with Crippen LogP contribution in [0.25, 0.3) is 5.69 Å². The molecule has 0 saturated carbocycles. The number of rotatable bonds is 5. The number of carboxylic acid groups (broad SMARTS) is 1. The molecule has 1 N–H and O–H groups in total. The van der Waals surface area contributed by atoms with Crippen LogP contribution < -0.4 is 4.74 Å². The minimum Gasteiger partial charge on any atom is -0.496 e. The third kappa shape index (κ3) is 3.13. The molecule has 0 aliphatic heterocycles. The van der Waals surface area contributed by atoms with E-state index in [0.29, 0.717) is 6.42 Å². The van der Waals surface area contributed by atoms with Gasteiger partial charge in [0.15, 0.2) is 0 Å². The van der Waals surface area contributed by atoms with Crippen LogP contribution in [0, 0.1) is 6.92 Å². The molecule has 0 aliphatic rings. The number of nitrogens with zero attached hydrogens (tertiary/aromatic N) is 2. The van der Waals surface area contributed by atoms with Crippen LogP contribution in [-0.2, 0) is 11.2 Å². The quantitative estimate of drug-likeness (QED) is 0.895. The number of imidazole rings is 1. The zero-order valence-corrected chi connectivity index (χ0v) is 11.0. The monoisotopic (exact) mass is 260 g/mol. The minimum atomic E-state index is -0.810. The average Bonchev–Trinajstić information content (AvgIpc) is 2.85. The third-order valence-corrected chi connectivity index (χ3v) is 2.91. The molecule has 5 nitrogen and oxygen atoms in total. The van der Waals surface area contributed by atoms with E-state index in [0.717, 1.165) is 22.7 Å². The zero-order valence-electron chi connectivity index (χ0n) is 11.0. The molecular formula is C14H16N2O3. The molecule has 19 heavy (non-hydrogen) atoms. The van der Waals surface area contributed by atoms with Crippen molar-refractivity contribution in [2.45, 2.75) is 19.8 Å². The van der Waals surface area contributed by atoms with Crippen molar-refractivity contribution >= 4 is 5.97 Å². The second-order valence-electron chi connectivity index (χ2n) is 4.32. The van der Waals surface area contributed by atoms with Crippen molar-refractivity contribution in [3.05, 3.63) is 42.0 Å². The Hall–Kier alpha value is -2.30. The number of benzene rings is 1. The lowest BCUT2D eigenvalue weighted by molar-refractivity contribution is -0.136. The minimum absolute atomic E-state index is 0.0959. The largest absolute Gasteiger partial charge is 0.496 e. The van der Waals surface area contributed by atoms with Crippen LogP contribution in [0.3, 0.4) is 0 Å². The Morgan fingerprint density at radius 3 is 2.89 bits per heavy atom. The van der Waals surface area contributed by atoms with Crippen molar-refractivity contribution in [2.24, 2.45) is 0 Å². The molecule has 2 aromatic rings. The lowest BCUT2D eigenvalue weighted by Gasteiger charge is -2.07. The summed E-state index contributed by atoms with van der Waals surface area (Å²) in [6.07, 6.45) is 4.08. The van der Waals surface area contributed by atoms with Crippen molar-refractivity contribution in [1.29, 1.82) is 0 Å². The van der Waals surface area contributed by atoms with Gasteiger partial charge in [0.2, 0.25) is 0 Å². The molecule has 1 aromatic heterocycles. The van der Waals surface area contributed by atoms with Gasteiger partial charge in [-0.05, 0) is 30.7 Å². The van der Waals surface area contributed by atoms with Gasteiger partial charge in [0.1, 0.15) is 5.75 Å². The summed E-state index contributed by atoms with van der Waals surface area (Å²) in [6.45, 7) is 1.98. The van der Waals surface area contributed by atoms with Gasteiger partial charge in [-0.25, -0.2) is 4.98 Å². The zero-order chi connectivity index (χ0) is 13.8. The molecule has 1 heterocycles. The fraction of sp³-hybridized carbons (Fsp3) is 0.286. The smallest absolute Gasteiger partial charge is 0.303 e. The molecule has 1 aromatic carbocycles. The van der Waals surface area contributed by atoms with Gasteiger partial charge in [0, 0.05) is 18.3 Å². The van der Waals surface area contributed by atoms with E-state index in [4.69, 9.17) is 9.84 Å². The van der Waals surface area contributed by atoms with Crippen molar-refractivity contribution in [2.75, 3.05) is 7.11 Å². The Labute approximate surface area is 111 Å². The summed E-state index contributed by atoms with van der Waals surface area (Å²) in [4.78, 5) is 14.7. The van der Waals surface area contributed by atoms with E-state index in [1.807, 2.05) is 35.9 Å². The Morgan fingerprint density at radius 2 is 2.26 bits per heavy atom. The van der Waals surface area contributed by atoms with Gasteiger partial charge in [0.05, 0.1) is 25.6 Å². The molecule has 0 bridgehead atoms. The van der Waals surface area contributed by atoms with Gasteiger partial charge < -0.3 is 14.4 Å². The summed E-state index contributed by atoms with van der Waals surface area (Å²) >= 11 is 0. The van der Waals surface area contributed by atoms with Crippen LogP contribution in [0.15, 0.2) is 30.7 Å². The fourth-order valence-corrected chi connectivity index (χ4v) is 1.89. The second-order valence-corrected chi connectivity index (χ2v) is 4.32. The maximum Gasteiger partial charge on any atom is 0.303 e. The molecule has 0 saturated heterocycles. The molecule has 0 amide bonds. The number of ether oxygens (including phenoxy) is 1. The standard InChI is InChI=1S/C14H16N2O3/c1-10-7-12(4-5-13(10)19-2)16-8-11(15-9-16)3-6-14(17)18/h4-5,7-9H,3,6H2,1-2H3,(H,17,18). The Bertz CT molecular complexity index is 590. The molecule has 5 heteroatoms. The molecule has 0 spiro atoms. The number of carboxylic acids is 1. The molecular weight excluding hydrogens is 244 g/mol. The van der Waals surface area contributed by atoms with Gasteiger partial charge in [-0.15, -0.1) is 0 Å². The Morgan fingerprint density at radius 1 is 1.47 bits per heavy atom. The van der Waals surface area contributed by atoms with Crippen molar-refractivity contribution < 1.29 is 14.6 Å². The van der Waals surface area contributed by atoms with Crippen LogP contribution >= 0.6 is 0 Å². The van der Waals surface area contributed by atoms with Crippen molar-refractivity contribution in [3.8, 4) is 11.4 Å². The van der Waals surface area contributed by atoms with E-state index in [2.05, 4.69) is 4.98 Å². The summed E-state index contributed by atoms with van der Waals surface area (Å²) in [7, 11) is 1.64. The maximum atomic E-state index is 10.5. The number of hydrogen-bond donors (Lipinski definition) is 1. The molecule has 0 atom stereocenters.